The maximum atomic E-state index is 12.3. The molecule has 0 bridgehead atoms. The lowest BCUT2D eigenvalue weighted by atomic mass is 10.2. The lowest BCUT2D eigenvalue weighted by Gasteiger charge is -2.13. The standard InChI is InChI=1S/C17H26N2O5S/c1-3-23-13(2)17(20)18-11-14-6-8-16(9-7-14)25(21,22)19-12-15-5-4-10-24-15/h6-9,13,15,19H,3-5,10-12H2,1-2H3,(H,18,20)/t13-,15-/m1/s1. The zero-order valence-corrected chi connectivity index (χ0v) is 15.5. The first-order valence-electron chi connectivity index (χ1n) is 8.52. The number of amides is 1. The van der Waals surface area contributed by atoms with E-state index in [1.165, 1.54) is 12.1 Å². The van der Waals surface area contributed by atoms with Gasteiger partial charge in [-0.2, -0.15) is 0 Å². The SMILES string of the molecule is CCO[C@H](C)C(=O)NCc1ccc(S(=O)(=O)NC[C@H]2CCCO2)cc1. The smallest absolute Gasteiger partial charge is 0.249 e. The Morgan fingerprint density at radius 2 is 2.08 bits per heavy atom. The third-order valence-corrected chi connectivity index (χ3v) is 5.45. The van der Waals surface area contributed by atoms with Crippen LogP contribution in [0.4, 0.5) is 0 Å². The van der Waals surface area contributed by atoms with Crippen molar-refractivity contribution >= 4 is 15.9 Å². The van der Waals surface area contributed by atoms with Crippen molar-refractivity contribution in [1.29, 1.82) is 0 Å². The second-order valence-electron chi connectivity index (χ2n) is 5.95. The molecule has 1 amide bonds. The fraction of sp³-hybridized carbons (Fsp3) is 0.588. The molecule has 7 nitrogen and oxygen atoms in total. The van der Waals surface area contributed by atoms with Crippen LogP contribution in [-0.2, 0) is 30.8 Å². The van der Waals surface area contributed by atoms with E-state index in [1.807, 2.05) is 6.92 Å². The number of sulfonamides is 1. The van der Waals surface area contributed by atoms with Crippen molar-refractivity contribution in [1.82, 2.24) is 10.0 Å². The number of rotatable bonds is 9. The molecule has 0 radical (unpaired) electrons. The monoisotopic (exact) mass is 370 g/mol. The van der Waals surface area contributed by atoms with Gasteiger partial charge < -0.3 is 14.8 Å². The highest BCUT2D eigenvalue weighted by atomic mass is 32.2. The molecule has 0 spiro atoms. The summed E-state index contributed by atoms with van der Waals surface area (Å²) >= 11 is 0. The van der Waals surface area contributed by atoms with E-state index in [-0.39, 0.29) is 23.5 Å². The van der Waals surface area contributed by atoms with Crippen LogP contribution in [0.25, 0.3) is 0 Å². The van der Waals surface area contributed by atoms with E-state index >= 15 is 0 Å². The van der Waals surface area contributed by atoms with Crippen molar-refractivity contribution in [2.45, 2.75) is 50.3 Å². The second-order valence-corrected chi connectivity index (χ2v) is 7.71. The summed E-state index contributed by atoms with van der Waals surface area (Å²) in [4.78, 5) is 12.0. The fourth-order valence-corrected chi connectivity index (χ4v) is 3.60. The molecule has 8 heteroatoms. The van der Waals surface area contributed by atoms with Gasteiger partial charge in [0.15, 0.2) is 0 Å². The number of carbonyl (C=O) groups is 1. The van der Waals surface area contributed by atoms with Crippen LogP contribution in [0.3, 0.4) is 0 Å². The van der Waals surface area contributed by atoms with Crippen LogP contribution in [0.1, 0.15) is 32.3 Å². The summed E-state index contributed by atoms with van der Waals surface area (Å²) in [6.07, 6.45) is 1.29. The molecule has 1 aromatic carbocycles. The Morgan fingerprint density at radius 1 is 1.36 bits per heavy atom. The molecule has 1 heterocycles. The largest absolute Gasteiger partial charge is 0.377 e. The van der Waals surface area contributed by atoms with Gasteiger partial charge in [0.2, 0.25) is 15.9 Å². The summed E-state index contributed by atoms with van der Waals surface area (Å²) in [6, 6.07) is 6.44. The van der Waals surface area contributed by atoms with Gasteiger partial charge in [-0.05, 0) is 44.4 Å². The summed E-state index contributed by atoms with van der Waals surface area (Å²) in [5.74, 6) is -0.197. The minimum absolute atomic E-state index is 0.0448. The quantitative estimate of drug-likeness (QED) is 0.681. The van der Waals surface area contributed by atoms with Crippen LogP contribution in [-0.4, -0.2) is 46.3 Å². The molecule has 140 valence electrons. The minimum Gasteiger partial charge on any atom is -0.377 e. The molecule has 1 aliphatic heterocycles. The average Bonchev–Trinajstić information content (AvgIpc) is 3.12. The summed E-state index contributed by atoms with van der Waals surface area (Å²) in [5, 5.41) is 2.76. The highest BCUT2D eigenvalue weighted by Gasteiger charge is 2.20. The van der Waals surface area contributed by atoms with Gasteiger partial charge in [0.1, 0.15) is 6.10 Å². The Bertz CT molecular complexity index is 654. The van der Waals surface area contributed by atoms with E-state index in [0.717, 1.165) is 18.4 Å². The molecule has 1 aromatic rings. The Hall–Kier alpha value is -1.48. The highest BCUT2D eigenvalue weighted by Crippen LogP contribution is 2.14. The molecule has 1 fully saturated rings. The van der Waals surface area contributed by atoms with Crippen LogP contribution in [0, 0.1) is 0 Å². The van der Waals surface area contributed by atoms with Crippen LogP contribution < -0.4 is 10.0 Å². The Labute approximate surface area is 149 Å². The fourth-order valence-electron chi connectivity index (χ4n) is 2.54. The van der Waals surface area contributed by atoms with Crippen LogP contribution in [0.2, 0.25) is 0 Å². The number of benzene rings is 1. The minimum atomic E-state index is -3.55. The van der Waals surface area contributed by atoms with Gasteiger partial charge in [-0.1, -0.05) is 12.1 Å². The lowest BCUT2D eigenvalue weighted by Crippen LogP contribution is -2.34. The third kappa shape index (κ3) is 6.07. The number of carbonyl (C=O) groups excluding carboxylic acids is 1. The number of hydrogen-bond acceptors (Lipinski definition) is 5. The van der Waals surface area contributed by atoms with Gasteiger partial charge in [0, 0.05) is 26.3 Å². The van der Waals surface area contributed by atoms with E-state index in [1.54, 1.807) is 19.1 Å². The van der Waals surface area contributed by atoms with E-state index in [0.29, 0.717) is 19.8 Å². The average molecular weight is 370 g/mol. The van der Waals surface area contributed by atoms with E-state index in [4.69, 9.17) is 9.47 Å². The zero-order valence-electron chi connectivity index (χ0n) is 14.7. The molecular weight excluding hydrogens is 344 g/mol. The Balaban J connectivity index is 1.86. The molecule has 0 unspecified atom stereocenters. The van der Waals surface area contributed by atoms with E-state index in [9.17, 15) is 13.2 Å². The molecule has 2 rings (SSSR count). The maximum Gasteiger partial charge on any atom is 0.249 e. The first-order chi connectivity index (χ1) is 11.9. The van der Waals surface area contributed by atoms with Crippen molar-refractivity contribution in [2.24, 2.45) is 0 Å². The number of hydrogen-bond donors (Lipinski definition) is 2. The van der Waals surface area contributed by atoms with Crippen molar-refractivity contribution < 1.29 is 22.7 Å². The maximum absolute atomic E-state index is 12.3. The van der Waals surface area contributed by atoms with Gasteiger partial charge in [-0.3, -0.25) is 4.79 Å². The van der Waals surface area contributed by atoms with Crippen LogP contribution in [0.15, 0.2) is 29.2 Å². The summed E-state index contributed by atoms with van der Waals surface area (Å²) in [6.45, 7) is 5.29. The first-order valence-corrected chi connectivity index (χ1v) is 10.00. The van der Waals surface area contributed by atoms with Gasteiger partial charge in [-0.15, -0.1) is 0 Å². The third-order valence-electron chi connectivity index (χ3n) is 4.01. The van der Waals surface area contributed by atoms with E-state index in [2.05, 4.69) is 10.0 Å². The number of nitrogens with one attached hydrogen (secondary N) is 2. The number of ether oxygens (including phenoxy) is 2. The first kappa shape index (κ1) is 19.8. The predicted molar refractivity (Wildman–Crippen MR) is 93.5 cm³/mol. The molecule has 25 heavy (non-hydrogen) atoms. The molecule has 0 aliphatic carbocycles. The van der Waals surface area contributed by atoms with Crippen LogP contribution in [0.5, 0.6) is 0 Å². The molecule has 0 aromatic heterocycles. The van der Waals surface area contributed by atoms with Gasteiger partial charge in [0.25, 0.3) is 0 Å². The van der Waals surface area contributed by atoms with Gasteiger partial charge in [0.05, 0.1) is 11.0 Å². The topological polar surface area (TPSA) is 93.7 Å². The molecule has 2 atom stereocenters. The Morgan fingerprint density at radius 3 is 2.68 bits per heavy atom. The van der Waals surface area contributed by atoms with Gasteiger partial charge >= 0.3 is 0 Å². The predicted octanol–water partition coefficient (Wildman–Crippen LogP) is 1.19. The van der Waals surface area contributed by atoms with E-state index < -0.39 is 16.1 Å². The molecule has 1 saturated heterocycles. The zero-order chi connectivity index (χ0) is 18.3. The van der Waals surface area contributed by atoms with Crippen molar-refractivity contribution in [2.75, 3.05) is 19.8 Å². The van der Waals surface area contributed by atoms with Crippen molar-refractivity contribution in [3.63, 3.8) is 0 Å². The van der Waals surface area contributed by atoms with Crippen LogP contribution >= 0.6 is 0 Å². The molecule has 1 aliphatic rings. The highest BCUT2D eigenvalue weighted by molar-refractivity contribution is 7.89. The summed E-state index contributed by atoms with van der Waals surface area (Å²) in [7, 11) is -3.55. The Kier molecular flexibility index (Phi) is 7.37. The van der Waals surface area contributed by atoms with Crippen molar-refractivity contribution in [3.8, 4) is 0 Å². The van der Waals surface area contributed by atoms with Gasteiger partial charge in [-0.25, -0.2) is 13.1 Å². The molecular formula is C17H26N2O5S. The second kappa shape index (κ2) is 9.28. The molecule has 0 saturated carbocycles. The lowest BCUT2D eigenvalue weighted by molar-refractivity contribution is -0.131. The summed E-state index contributed by atoms with van der Waals surface area (Å²) in [5.41, 5.74) is 0.815. The molecule has 2 N–H and O–H groups in total. The summed E-state index contributed by atoms with van der Waals surface area (Å²) < 4.78 is 37.8. The normalized spacial score (nSPS) is 18.9. The van der Waals surface area contributed by atoms with Crippen molar-refractivity contribution in [3.05, 3.63) is 29.8 Å².